The lowest BCUT2D eigenvalue weighted by Gasteiger charge is -2.13. The van der Waals surface area contributed by atoms with Crippen LogP contribution in [0.2, 0.25) is 10.0 Å². The Morgan fingerprint density at radius 3 is 1.67 bits per heavy atom. The third kappa shape index (κ3) is 7.74. The topological polar surface area (TPSA) is 170 Å². The maximum absolute atomic E-state index is 14.2. The Bertz CT molecular complexity index is 2170. The molecule has 23 heteroatoms. The molecule has 0 atom stereocenters. The average Bonchev–Trinajstić information content (AvgIpc) is 3.48. The highest BCUT2D eigenvalue weighted by Gasteiger charge is 2.34. The van der Waals surface area contributed by atoms with E-state index in [0.717, 1.165) is 12.1 Å². The van der Waals surface area contributed by atoms with Crippen LogP contribution in [0.25, 0.3) is 11.4 Å². The fraction of sp³-hybridized carbons (Fsp3) is 0.120. The molecule has 3 N–H and O–H groups in total. The van der Waals surface area contributed by atoms with Crippen LogP contribution in [0, 0.1) is 11.6 Å². The highest BCUT2D eigenvalue weighted by molar-refractivity contribution is 6.32. The predicted octanol–water partition coefficient (Wildman–Crippen LogP) is 4.01. The number of hydrogen-bond acceptors (Lipinski definition) is 8. The Balaban J connectivity index is 0.000000224. The molecule has 48 heavy (non-hydrogen) atoms. The van der Waals surface area contributed by atoms with Crippen LogP contribution in [0.3, 0.4) is 0 Å². The van der Waals surface area contributed by atoms with Crippen LogP contribution < -0.4 is 27.2 Å². The lowest BCUT2D eigenvalue weighted by Crippen LogP contribution is -2.36. The first-order valence-corrected chi connectivity index (χ1v) is 13.0. The van der Waals surface area contributed by atoms with Crippen molar-refractivity contribution in [3.8, 4) is 22.9 Å². The van der Waals surface area contributed by atoms with Crippen molar-refractivity contribution in [2.24, 2.45) is 0 Å². The second-order valence-electron chi connectivity index (χ2n) is 9.02. The summed E-state index contributed by atoms with van der Waals surface area (Å²) in [5, 5.41) is 12.5. The molecule has 0 saturated heterocycles. The Morgan fingerprint density at radius 1 is 0.750 bits per heavy atom. The maximum Gasteiger partial charge on any atom is 0.431 e. The van der Waals surface area contributed by atoms with Crippen molar-refractivity contribution in [3.63, 3.8) is 0 Å². The van der Waals surface area contributed by atoms with Gasteiger partial charge in [-0.25, -0.2) is 37.2 Å². The van der Waals surface area contributed by atoms with Gasteiger partial charge in [0.1, 0.15) is 47.2 Å². The summed E-state index contributed by atoms with van der Waals surface area (Å²) in [5.74, 6) is -3.04. The number of phenols is 1. The van der Waals surface area contributed by atoms with Crippen molar-refractivity contribution in [1.29, 1.82) is 0 Å². The Morgan fingerprint density at radius 2 is 1.23 bits per heavy atom. The molecule has 3 heterocycles. The number of benzene rings is 2. The second kappa shape index (κ2) is 13.4. The number of aromatic hydroxyl groups is 1. The van der Waals surface area contributed by atoms with E-state index >= 15 is 0 Å². The summed E-state index contributed by atoms with van der Waals surface area (Å²) in [4.78, 5) is 53.7. The van der Waals surface area contributed by atoms with E-state index in [1.165, 1.54) is 27.3 Å². The van der Waals surface area contributed by atoms with E-state index in [9.17, 15) is 59.4 Å². The van der Waals surface area contributed by atoms with Gasteiger partial charge in [0, 0.05) is 24.3 Å². The predicted molar refractivity (Wildman–Crippen MR) is 148 cm³/mol. The van der Waals surface area contributed by atoms with Crippen molar-refractivity contribution in [2.45, 2.75) is 19.1 Å². The molecule has 13 nitrogen and oxygen atoms in total. The summed E-state index contributed by atoms with van der Waals surface area (Å²) in [5.41, 5.74) is -10.2. The molecular formula is C25H13Cl2F8N7O6. The molecule has 2 aromatic carbocycles. The molecule has 0 amide bonds. The van der Waals surface area contributed by atoms with Crippen molar-refractivity contribution >= 4 is 23.2 Å². The minimum Gasteiger partial charge on any atom is -0.506 e. The number of rotatable bonds is 5. The molecule has 5 rings (SSSR count). The minimum atomic E-state index is -4.94. The monoisotopic (exact) mass is 729 g/mol. The van der Waals surface area contributed by atoms with Gasteiger partial charge >= 0.3 is 23.7 Å². The van der Waals surface area contributed by atoms with Gasteiger partial charge in [0.2, 0.25) is 0 Å². The second-order valence-corrected chi connectivity index (χ2v) is 9.83. The highest BCUT2D eigenvalue weighted by atomic mass is 35.5. The number of hydrogen-bond donors (Lipinski definition) is 3. The zero-order valence-corrected chi connectivity index (χ0v) is 24.3. The van der Waals surface area contributed by atoms with E-state index in [2.05, 4.69) is 10.1 Å². The maximum atomic E-state index is 14.2. The Hall–Kier alpha value is -5.44. The molecule has 5 aromatic rings. The van der Waals surface area contributed by atoms with Crippen LogP contribution >= 0.6 is 23.2 Å². The third-order valence-electron chi connectivity index (χ3n) is 5.79. The van der Waals surface area contributed by atoms with Crippen molar-refractivity contribution in [3.05, 3.63) is 124 Å². The fourth-order valence-corrected chi connectivity index (χ4v) is 4.04. The molecule has 0 unspecified atom stereocenters. The fourth-order valence-electron chi connectivity index (χ4n) is 3.69. The van der Waals surface area contributed by atoms with Crippen molar-refractivity contribution < 1.29 is 45.0 Å². The van der Waals surface area contributed by atoms with Gasteiger partial charge in [-0.3, -0.25) is 9.59 Å². The van der Waals surface area contributed by atoms with Crippen molar-refractivity contribution in [1.82, 2.24) is 33.9 Å². The lowest BCUT2D eigenvalue weighted by atomic mass is 10.2. The average molecular weight is 730 g/mol. The zero-order valence-electron chi connectivity index (χ0n) is 22.8. The van der Waals surface area contributed by atoms with Gasteiger partial charge in [-0.15, -0.1) is 0 Å². The first-order chi connectivity index (χ1) is 22.3. The number of phenolic OH excluding ortho intramolecular Hbond substituents is 1. The normalized spacial score (nSPS) is 11.6. The Labute approximate surface area is 267 Å². The number of aromatic nitrogens is 7. The molecule has 0 aliphatic rings. The largest absolute Gasteiger partial charge is 0.506 e. The van der Waals surface area contributed by atoms with Gasteiger partial charge in [0.25, 0.3) is 11.1 Å². The summed E-state index contributed by atoms with van der Waals surface area (Å²) in [6.45, 7) is -0.178. The summed E-state index contributed by atoms with van der Waals surface area (Å²) in [7, 11) is 0. The SMILES string of the molecule is O=c1cc(C(F)(F)F)[nH]c(=O)n1-c1cc(O)c(Cl)cc1F.O=c1cc(C(F)(F)F)[nH]c(=O)n1-c1cc(OCn2cncn2)c(Cl)cc1F. The summed E-state index contributed by atoms with van der Waals surface area (Å²) in [6, 6.07) is 3.20. The van der Waals surface area contributed by atoms with Crippen LogP contribution in [0.4, 0.5) is 35.1 Å². The van der Waals surface area contributed by atoms with Gasteiger partial charge in [-0.2, -0.15) is 31.4 Å². The molecule has 3 aromatic heterocycles. The van der Waals surface area contributed by atoms with Gasteiger partial charge < -0.3 is 19.8 Å². The number of nitrogens with zero attached hydrogens (tertiary/aromatic N) is 5. The number of nitrogens with one attached hydrogen (secondary N) is 2. The standard InChI is InChI=1S/C14H8ClF4N5O3.C11H5ClF4N2O3/c15-7-1-8(16)9(2-10(7)27-6-23-5-20-4-21-23)24-12(25)3-11(14(17,18)19)22-13(24)26;12-4-1-5(13)6(2-7(4)19)18-9(20)3-8(11(14,15)16)17-10(18)21/h1-5H,6H2,(H,22,26);1-3,19H,(H,17,21). The number of ether oxygens (including phenoxy) is 1. The van der Waals surface area contributed by atoms with Gasteiger partial charge in [-0.05, 0) is 12.1 Å². The number of aromatic amines is 2. The van der Waals surface area contributed by atoms with Crippen LogP contribution in [0.15, 0.2) is 68.2 Å². The molecule has 0 spiro atoms. The van der Waals surface area contributed by atoms with Crippen molar-refractivity contribution in [2.75, 3.05) is 0 Å². The van der Waals surface area contributed by atoms with Crippen LogP contribution in [-0.2, 0) is 19.1 Å². The molecule has 254 valence electrons. The lowest BCUT2D eigenvalue weighted by molar-refractivity contribution is -0.142. The summed E-state index contributed by atoms with van der Waals surface area (Å²) in [6.07, 6.45) is -7.31. The molecule has 0 saturated carbocycles. The smallest absolute Gasteiger partial charge is 0.431 e. The van der Waals surface area contributed by atoms with Gasteiger partial charge in [-0.1, -0.05) is 23.2 Å². The van der Waals surface area contributed by atoms with E-state index in [1.54, 1.807) is 0 Å². The quantitative estimate of drug-likeness (QED) is 0.228. The van der Waals surface area contributed by atoms with Crippen LogP contribution in [0.5, 0.6) is 11.5 Å². The molecule has 0 fully saturated rings. The van der Waals surface area contributed by atoms with Crippen LogP contribution in [-0.4, -0.2) is 39.0 Å². The molecule has 0 aliphatic carbocycles. The number of H-pyrrole nitrogens is 2. The molecular weight excluding hydrogens is 717 g/mol. The summed E-state index contributed by atoms with van der Waals surface area (Å²) < 4.78 is 110. The minimum absolute atomic E-state index is 0.104. The van der Waals surface area contributed by atoms with E-state index < -0.39 is 75.0 Å². The molecule has 0 radical (unpaired) electrons. The number of alkyl halides is 6. The third-order valence-corrected chi connectivity index (χ3v) is 6.39. The number of halogens is 10. The Kier molecular flexibility index (Phi) is 9.85. The molecule has 0 aliphatic heterocycles. The van der Waals surface area contributed by atoms with Gasteiger partial charge in [0.15, 0.2) is 6.73 Å². The summed E-state index contributed by atoms with van der Waals surface area (Å²) >= 11 is 11.3. The van der Waals surface area contributed by atoms with E-state index in [4.69, 9.17) is 27.9 Å². The van der Waals surface area contributed by atoms with Gasteiger partial charge in [0.05, 0.1) is 21.4 Å². The first-order valence-electron chi connectivity index (χ1n) is 12.3. The zero-order chi connectivity index (χ0) is 35.7. The highest BCUT2D eigenvalue weighted by Crippen LogP contribution is 2.31. The molecule has 0 bridgehead atoms. The van der Waals surface area contributed by atoms with Crippen LogP contribution in [0.1, 0.15) is 11.4 Å². The van der Waals surface area contributed by atoms with E-state index in [0.29, 0.717) is 12.1 Å². The first kappa shape index (κ1) is 35.4. The van der Waals surface area contributed by atoms with E-state index in [1.807, 2.05) is 0 Å². The van der Waals surface area contributed by atoms with E-state index in [-0.39, 0.29) is 43.8 Å².